The molecule has 7 nitrogen and oxygen atoms in total. The maximum Gasteiger partial charge on any atom is 0.263 e. The van der Waals surface area contributed by atoms with Crippen molar-refractivity contribution in [2.75, 3.05) is 33.7 Å². The number of hydrogen-bond donors (Lipinski definition) is 1. The topological polar surface area (TPSA) is 74.6 Å². The molecule has 0 radical (unpaired) electrons. The van der Waals surface area contributed by atoms with Crippen LogP contribution in [0, 0.1) is 0 Å². The van der Waals surface area contributed by atoms with Crippen LogP contribution in [0.3, 0.4) is 0 Å². The van der Waals surface area contributed by atoms with Crippen molar-refractivity contribution in [2.45, 2.75) is 32.9 Å². The van der Waals surface area contributed by atoms with Crippen molar-refractivity contribution in [3.8, 4) is 0 Å². The molecule has 0 saturated heterocycles. The van der Waals surface area contributed by atoms with Crippen molar-refractivity contribution in [3.63, 3.8) is 0 Å². The van der Waals surface area contributed by atoms with Gasteiger partial charge in [0.1, 0.15) is 5.56 Å². The molecule has 2 aromatic rings. The molecule has 1 aliphatic heterocycles. The molecule has 0 fully saturated rings. The van der Waals surface area contributed by atoms with Crippen molar-refractivity contribution in [3.05, 3.63) is 69.1 Å². The first-order valence-corrected chi connectivity index (χ1v) is 10.4. The SMILES string of the molecule is CCNC(=O)c1c2c(cn(CCc3ccccc3)c1=O)CN(C(=O)CN(C)C)CC2. The number of nitrogens with one attached hydrogen (secondary N) is 1. The zero-order valence-corrected chi connectivity index (χ0v) is 18.0. The Morgan fingerprint density at radius 3 is 2.57 bits per heavy atom. The lowest BCUT2D eigenvalue weighted by atomic mass is 9.95. The summed E-state index contributed by atoms with van der Waals surface area (Å²) in [6, 6.07) is 9.95. The second-order valence-electron chi connectivity index (χ2n) is 7.90. The highest BCUT2D eigenvalue weighted by atomic mass is 16.2. The summed E-state index contributed by atoms with van der Waals surface area (Å²) in [5.41, 5.74) is 2.74. The van der Waals surface area contributed by atoms with Gasteiger partial charge in [0.25, 0.3) is 11.5 Å². The van der Waals surface area contributed by atoms with E-state index in [-0.39, 0.29) is 22.9 Å². The Balaban J connectivity index is 1.94. The molecule has 2 heterocycles. The minimum Gasteiger partial charge on any atom is -0.352 e. The number of carbonyl (C=O) groups is 2. The molecule has 0 aliphatic carbocycles. The normalized spacial score (nSPS) is 13.3. The number of nitrogens with zero attached hydrogens (tertiary/aromatic N) is 3. The van der Waals surface area contributed by atoms with Gasteiger partial charge in [-0.2, -0.15) is 0 Å². The van der Waals surface area contributed by atoms with E-state index in [0.717, 1.165) is 16.7 Å². The molecule has 0 atom stereocenters. The zero-order chi connectivity index (χ0) is 21.7. The largest absolute Gasteiger partial charge is 0.352 e. The van der Waals surface area contributed by atoms with Crippen molar-refractivity contribution < 1.29 is 9.59 Å². The highest BCUT2D eigenvalue weighted by Gasteiger charge is 2.27. The fourth-order valence-electron chi connectivity index (χ4n) is 3.84. The highest BCUT2D eigenvalue weighted by Crippen LogP contribution is 2.21. The first-order valence-electron chi connectivity index (χ1n) is 10.4. The summed E-state index contributed by atoms with van der Waals surface area (Å²) in [5.74, 6) is -0.284. The van der Waals surface area contributed by atoms with Crippen molar-refractivity contribution in [1.82, 2.24) is 19.7 Å². The predicted molar refractivity (Wildman–Crippen MR) is 117 cm³/mol. The number of hydrogen-bond acceptors (Lipinski definition) is 4. The van der Waals surface area contributed by atoms with Crippen molar-refractivity contribution >= 4 is 11.8 Å². The summed E-state index contributed by atoms with van der Waals surface area (Å²) >= 11 is 0. The fraction of sp³-hybridized carbons (Fsp3) is 0.435. The first kappa shape index (κ1) is 21.8. The molecular weight excluding hydrogens is 380 g/mol. The van der Waals surface area contributed by atoms with E-state index in [2.05, 4.69) is 5.32 Å². The average molecular weight is 411 g/mol. The van der Waals surface area contributed by atoms with E-state index in [1.165, 1.54) is 0 Å². The Hall–Kier alpha value is -2.93. The quantitative estimate of drug-likeness (QED) is 0.746. The molecule has 1 aromatic heterocycles. The molecule has 2 amide bonds. The molecular formula is C23H30N4O3. The van der Waals surface area contributed by atoms with Crippen LogP contribution in [0.25, 0.3) is 0 Å². The molecule has 0 saturated carbocycles. The Kier molecular flexibility index (Phi) is 7.05. The summed E-state index contributed by atoms with van der Waals surface area (Å²) in [4.78, 5) is 42.1. The number of fused-ring (bicyclic) bond motifs is 1. The average Bonchev–Trinajstić information content (AvgIpc) is 2.72. The molecule has 30 heavy (non-hydrogen) atoms. The molecule has 1 N–H and O–H groups in total. The van der Waals surface area contributed by atoms with Gasteiger partial charge in [0.15, 0.2) is 0 Å². The fourth-order valence-corrected chi connectivity index (χ4v) is 3.84. The second-order valence-corrected chi connectivity index (χ2v) is 7.90. The van der Waals surface area contributed by atoms with Crippen LogP contribution in [0.2, 0.25) is 0 Å². The lowest BCUT2D eigenvalue weighted by Crippen LogP contribution is -2.43. The number of rotatable bonds is 7. The molecule has 160 valence electrons. The van der Waals surface area contributed by atoms with Crippen LogP contribution in [-0.2, 0) is 30.7 Å². The van der Waals surface area contributed by atoms with Gasteiger partial charge in [-0.3, -0.25) is 14.4 Å². The van der Waals surface area contributed by atoms with E-state index in [4.69, 9.17) is 0 Å². The van der Waals surface area contributed by atoms with Gasteiger partial charge in [0, 0.05) is 32.4 Å². The second kappa shape index (κ2) is 9.71. The summed E-state index contributed by atoms with van der Waals surface area (Å²) in [7, 11) is 3.73. The van der Waals surface area contributed by atoms with Gasteiger partial charge >= 0.3 is 0 Å². The van der Waals surface area contributed by atoms with E-state index >= 15 is 0 Å². The van der Waals surface area contributed by atoms with Crippen LogP contribution in [0.5, 0.6) is 0 Å². The van der Waals surface area contributed by atoms with Gasteiger partial charge < -0.3 is 19.7 Å². The van der Waals surface area contributed by atoms with E-state index in [9.17, 15) is 14.4 Å². The monoisotopic (exact) mass is 410 g/mol. The van der Waals surface area contributed by atoms with Gasteiger partial charge in [-0.05, 0) is 50.6 Å². The highest BCUT2D eigenvalue weighted by molar-refractivity contribution is 5.95. The van der Waals surface area contributed by atoms with E-state index in [0.29, 0.717) is 45.6 Å². The lowest BCUT2D eigenvalue weighted by Gasteiger charge is -2.31. The third-order valence-corrected chi connectivity index (χ3v) is 5.32. The van der Waals surface area contributed by atoms with Crippen LogP contribution in [0.4, 0.5) is 0 Å². The number of pyridine rings is 1. The Bertz CT molecular complexity index is 966. The summed E-state index contributed by atoms with van der Waals surface area (Å²) in [5, 5.41) is 2.77. The number of aryl methyl sites for hydroxylation is 2. The van der Waals surface area contributed by atoms with E-state index in [1.54, 1.807) is 9.47 Å². The lowest BCUT2D eigenvalue weighted by molar-refractivity contribution is -0.132. The zero-order valence-electron chi connectivity index (χ0n) is 18.0. The molecule has 1 aliphatic rings. The molecule has 0 bridgehead atoms. The Morgan fingerprint density at radius 1 is 1.17 bits per heavy atom. The van der Waals surface area contributed by atoms with Crippen LogP contribution < -0.4 is 10.9 Å². The Labute approximate surface area is 177 Å². The van der Waals surface area contributed by atoms with Gasteiger partial charge in [-0.15, -0.1) is 0 Å². The molecule has 3 rings (SSSR count). The molecule has 1 aromatic carbocycles. The molecule has 0 spiro atoms. The van der Waals surface area contributed by atoms with Gasteiger partial charge in [-0.25, -0.2) is 0 Å². The van der Waals surface area contributed by atoms with Crippen LogP contribution in [0.15, 0.2) is 41.3 Å². The Morgan fingerprint density at radius 2 is 1.90 bits per heavy atom. The number of likely N-dealkylation sites (N-methyl/N-ethyl adjacent to an activating group) is 1. The number of aromatic nitrogens is 1. The first-order chi connectivity index (χ1) is 14.4. The summed E-state index contributed by atoms with van der Waals surface area (Å²) in [6.07, 6.45) is 3.03. The van der Waals surface area contributed by atoms with Crippen LogP contribution in [0.1, 0.15) is 34.0 Å². The van der Waals surface area contributed by atoms with Crippen molar-refractivity contribution in [1.29, 1.82) is 0 Å². The maximum absolute atomic E-state index is 13.2. The smallest absolute Gasteiger partial charge is 0.263 e. The van der Waals surface area contributed by atoms with Crippen molar-refractivity contribution in [2.24, 2.45) is 0 Å². The predicted octanol–water partition coefficient (Wildman–Crippen LogP) is 1.29. The number of amides is 2. The van der Waals surface area contributed by atoms with E-state index in [1.807, 2.05) is 62.4 Å². The minimum atomic E-state index is -0.333. The van der Waals surface area contributed by atoms with Gasteiger partial charge in [-0.1, -0.05) is 30.3 Å². The van der Waals surface area contributed by atoms with Gasteiger partial charge in [0.05, 0.1) is 6.54 Å². The van der Waals surface area contributed by atoms with Crippen LogP contribution in [-0.4, -0.2) is 59.9 Å². The molecule has 7 heteroatoms. The van der Waals surface area contributed by atoms with Gasteiger partial charge in [0.2, 0.25) is 5.91 Å². The third kappa shape index (κ3) is 4.97. The maximum atomic E-state index is 13.2. The number of carbonyl (C=O) groups excluding carboxylic acids is 2. The minimum absolute atomic E-state index is 0.0484. The van der Waals surface area contributed by atoms with E-state index < -0.39 is 0 Å². The standard InChI is InChI=1S/C23H30N4O3/c1-4-24-22(29)21-19-11-13-26(20(28)16-25(2)3)14-18(19)15-27(23(21)30)12-10-17-8-6-5-7-9-17/h5-9,15H,4,10-14,16H2,1-3H3,(H,24,29). The third-order valence-electron chi connectivity index (χ3n) is 5.32. The molecule has 0 unspecified atom stereocenters. The summed E-state index contributed by atoms with van der Waals surface area (Å²) in [6.45, 7) is 4.04. The summed E-state index contributed by atoms with van der Waals surface area (Å²) < 4.78 is 1.62. The van der Waals surface area contributed by atoms with Crippen LogP contribution >= 0.6 is 0 Å². The number of benzene rings is 1.